The predicted octanol–water partition coefficient (Wildman–Crippen LogP) is 3.15. The summed E-state index contributed by atoms with van der Waals surface area (Å²) in [6.07, 6.45) is 4.51. The molecular formula is C16H15BrFN7O. The number of carbonyl (C=O) groups excluding carboxylic acids is 1. The summed E-state index contributed by atoms with van der Waals surface area (Å²) < 4.78 is 16.0. The van der Waals surface area contributed by atoms with Crippen LogP contribution < -0.4 is 10.6 Å². The van der Waals surface area contributed by atoms with Crippen molar-refractivity contribution in [1.82, 2.24) is 30.0 Å². The number of carbonyl (C=O) groups is 1. The highest BCUT2D eigenvalue weighted by Gasteiger charge is 2.18. The molecule has 1 unspecified atom stereocenters. The van der Waals surface area contributed by atoms with Crippen LogP contribution in [0.2, 0.25) is 0 Å². The van der Waals surface area contributed by atoms with Gasteiger partial charge in [0.2, 0.25) is 0 Å². The van der Waals surface area contributed by atoms with Crippen molar-refractivity contribution < 1.29 is 9.18 Å². The Balaban J connectivity index is 1.73. The number of amides is 2. The molecule has 10 heteroatoms. The molecule has 1 atom stereocenters. The Bertz CT molecular complexity index is 932. The largest absolute Gasteiger partial charge is 0.328 e. The number of benzene rings is 1. The Morgan fingerprint density at radius 1 is 1.27 bits per heavy atom. The molecule has 2 heterocycles. The summed E-state index contributed by atoms with van der Waals surface area (Å²) in [5, 5.41) is 9.27. The molecule has 26 heavy (non-hydrogen) atoms. The molecule has 134 valence electrons. The van der Waals surface area contributed by atoms with E-state index < -0.39 is 17.9 Å². The Labute approximate surface area is 157 Å². The highest BCUT2D eigenvalue weighted by molar-refractivity contribution is 9.10. The van der Waals surface area contributed by atoms with Crippen molar-refractivity contribution in [3.63, 3.8) is 0 Å². The molecular weight excluding hydrogens is 405 g/mol. The second-order valence-corrected chi connectivity index (χ2v) is 6.33. The van der Waals surface area contributed by atoms with Gasteiger partial charge < -0.3 is 10.6 Å². The first-order valence-corrected chi connectivity index (χ1v) is 8.45. The first-order chi connectivity index (χ1) is 12.5. The second kappa shape index (κ2) is 7.56. The molecule has 0 fully saturated rings. The average molecular weight is 420 g/mol. The number of hydrogen-bond acceptors (Lipinski definition) is 5. The van der Waals surface area contributed by atoms with Crippen molar-refractivity contribution in [2.75, 3.05) is 5.32 Å². The van der Waals surface area contributed by atoms with Gasteiger partial charge in [-0.2, -0.15) is 9.78 Å². The topological polar surface area (TPSA) is 97.6 Å². The van der Waals surface area contributed by atoms with Gasteiger partial charge in [-0.25, -0.2) is 24.1 Å². The van der Waals surface area contributed by atoms with Gasteiger partial charge in [0.05, 0.1) is 11.7 Å². The van der Waals surface area contributed by atoms with E-state index in [-0.39, 0.29) is 5.69 Å². The van der Waals surface area contributed by atoms with Crippen LogP contribution in [-0.2, 0) is 0 Å². The van der Waals surface area contributed by atoms with Gasteiger partial charge in [0.1, 0.15) is 12.1 Å². The summed E-state index contributed by atoms with van der Waals surface area (Å²) in [4.78, 5) is 24.6. The lowest BCUT2D eigenvalue weighted by Crippen LogP contribution is -2.33. The van der Waals surface area contributed by atoms with Gasteiger partial charge in [-0.05, 0) is 37.6 Å². The van der Waals surface area contributed by atoms with Gasteiger partial charge in [-0.15, -0.1) is 0 Å². The zero-order chi connectivity index (χ0) is 18.7. The number of hydrogen-bond donors (Lipinski definition) is 2. The first kappa shape index (κ1) is 17.9. The van der Waals surface area contributed by atoms with Crippen LogP contribution in [0.3, 0.4) is 0 Å². The minimum absolute atomic E-state index is 0.0864. The minimum Gasteiger partial charge on any atom is -0.328 e. The van der Waals surface area contributed by atoms with Gasteiger partial charge >= 0.3 is 6.03 Å². The predicted molar refractivity (Wildman–Crippen MR) is 96.4 cm³/mol. The number of urea groups is 1. The molecule has 0 saturated heterocycles. The summed E-state index contributed by atoms with van der Waals surface area (Å²) in [5.41, 5.74) is 0.888. The maximum absolute atomic E-state index is 14.0. The van der Waals surface area contributed by atoms with E-state index in [9.17, 15) is 9.18 Å². The molecule has 3 rings (SSSR count). The van der Waals surface area contributed by atoms with E-state index in [1.807, 2.05) is 0 Å². The summed E-state index contributed by atoms with van der Waals surface area (Å²) in [6, 6.07) is 3.45. The number of halogens is 2. The van der Waals surface area contributed by atoms with Crippen LogP contribution in [0.5, 0.6) is 0 Å². The van der Waals surface area contributed by atoms with E-state index in [1.54, 1.807) is 38.4 Å². The number of aromatic nitrogens is 5. The maximum atomic E-state index is 14.0. The monoisotopic (exact) mass is 419 g/mol. The lowest BCUT2D eigenvalue weighted by atomic mass is 10.2. The number of nitrogens with zero attached hydrogens (tertiary/aromatic N) is 5. The van der Waals surface area contributed by atoms with Crippen LogP contribution in [0.15, 0.2) is 41.4 Å². The number of anilines is 1. The molecule has 0 radical (unpaired) electrons. The quantitative estimate of drug-likeness (QED) is 0.676. The van der Waals surface area contributed by atoms with Crippen molar-refractivity contribution >= 4 is 27.6 Å². The van der Waals surface area contributed by atoms with E-state index >= 15 is 0 Å². The molecule has 0 aliphatic rings. The van der Waals surface area contributed by atoms with E-state index in [4.69, 9.17) is 0 Å². The zero-order valence-electron chi connectivity index (χ0n) is 13.9. The van der Waals surface area contributed by atoms with E-state index in [2.05, 4.69) is 46.6 Å². The summed E-state index contributed by atoms with van der Waals surface area (Å²) in [7, 11) is 0. The molecule has 2 N–H and O–H groups in total. The van der Waals surface area contributed by atoms with Crippen molar-refractivity contribution in [3.8, 4) is 5.95 Å². The molecule has 0 aliphatic heterocycles. The molecule has 8 nitrogen and oxygen atoms in total. The molecule has 0 saturated carbocycles. The van der Waals surface area contributed by atoms with Crippen LogP contribution in [0.4, 0.5) is 14.9 Å². The van der Waals surface area contributed by atoms with Crippen molar-refractivity contribution in [3.05, 3.63) is 58.6 Å². The van der Waals surface area contributed by atoms with Crippen LogP contribution in [-0.4, -0.2) is 30.8 Å². The third kappa shape index (κ3) is 3.85. The van der Waals surface area contributed by atoms with Crippen LogP contribution in [0.1, 0.15) is 24.4 Å². The van der Waals surface area contributed by atoms with Gasteiger partial charge in [0.15, 0.2) is 5.82 Å². The van der Waals surface area contributed by atoms with Gasteiger partial charge in [-0.1, -0.05) is 15.9 Å². The van der Waals surface area contributed by atoms with Crippen LogP contribution >= 0.6 is 15.9 Å². The third-order valence-electron chi connectivity index (χ3n) is 3.55. The van der Waals surface area contributed by atoms with E-state index in [0.29, 0.717) is 16.2 Å². The molecule has 2 aromatic heterocycles. The maximum Gasteiger partial charge on any atom is 0.319 e. The molecule has 3 aromatic rings. The van der Waals surface area contributed by atoms with Crippen LogP contribution in [0.25, 0.3) is 5.95 Å². The van der Waals surface area contributed by atoms with Crippen molar-refractivity contribution in [2.45, 2.75) is 19.9 Å². The lowest BCUT2D eigenvalue weighted by molar-refractivity contribution is 0.248. The average Bonchev–Trinajstić information content (AvgIpc) is 3.10. The van der Waals surface area contributed by atoms with E-state index in [0.717, 1.165) is 5.56 Å². The third-order valence-corrected chi connectivity index (χ3v) is 4.40. The Morgan fingerprint density at radius 2 is 2.00 bits per heavy atom. The fourth-order valence-electron chi connectivity index (χ4n) is 2.27. The second-order valence-electron chi connectivity index (χ2n) is 5.48. The SMILES string of the molecule is Cc1cc(NC(=O)NC(C)c2ncnn2-c2ncccn2)c(F)cc1Br. The fourth-order valence-corrected chi connectivity index (χ4v) is 2.59. The number of aryl methyl sites for hydroxylation is 1. The summed E-state index contributed by atoms with van der Waals surface area (Å²) in [5.74, 6) is 0.244. The van der Waals surface area contributed by atoms with Crippen molar-refractivity contribution in [1.29, 1.82) is 0 Å². The highest BCUT2D eigenvalue weighted by atomic mass is 79.9. The minimum atomic E-state index is -0.568. The zero-order valence-corrected chi connectivity index (χ0v) is 15.5. The highest BCUT2D eigenvalue weighted by Crippen LogP contribution is 2.24. The smallest absolute Gasteiger partial charge is 0.319 e. The molecule has 2 amide bonds. The molecule has 0 spiro atoms. The Kier molecular flexibility index (Phi) is 5.21. The molecule has 0 aliphatic carbocycles. The number of nitrogens with one attached hydrogen (secondary N) is 2. The Morgan fingerprint density at radius 3 is 2.73 bits per heavy atom. The normalized spacial score (nSPS) is 11.8. The molecule has 1 aromatic carbocycles. The summed E-state index contributed by atoms with van der Waals surface area (Å²) >= 11 is 3.24. The molecule has 0 bridgehead atoms. The van der Waals surface area contributed by atoms with Crippen molar-refractivity contribution in [2.24, 2.45) is 0 Å². The van der Waals surface area contributed by atoms with Crippen LogP contribution in [0, 0.1) is 12.7 Å². The lowest BCUT2D eigenvalue weighted by Gasteiger charge is -2.15. The van der Waals surface area contributed by atoms with Gasteiger partial charge in [-0.3, -0.25) is 0 Å². The summed E-state index contributed by atoms with van der Waals surface area (Å²) in [6.45, 7) is 3.53. The number of rotatable bonds is 4. The van der Waals surface area contributed by atoms with Gasteiger partial charge in [0.25, 0.3) is 5.95 Å². The fraction of sp³-hybridized carbons (Fsp3) is 0.188. The van der Waals surface area contributed by atoms with E-state index in [1.165, 1.54) is 17.1 Å². The standard InChI is InChI=1S/C16H15BrFN7O/c1-9-6-13(12(18)7-11(9)17)24-16(26)23-10(2)14-21-8-22-25(14)15-19-4-3-5-20-15/h3-8,10H,1-2H3,(H2,23,24,26). The Hall–Kier alpha value is -2.88. The first-order valence-electron chi connectivity index (χ1n) is 7.66. The van der Waals surface area contributed by atoms with Gasteiger partial charge in [0, 0.05) is 16.9 Å².